The van der Waals surface area contributed by atoms with E-state index in [1.807, 2.05) is 4.98 Å². The molecule has 0 saturated carbocycles. The van der Waals surface area contributed by atoms with Crippen molar-refractivity contribution in [3.63, 3.8) is 0 Å². The predicted molar refractivity (Wildman–Crippen MR) is 59.6 cm³/mol. The lowest BCUT2D eigenvalue weighted by Crippen LogP contribution is -2.51. The summed E-state index contributed by atoms with van der Waals surface area (Å²) in [4.78, 5) is 36.5. The summed E-state index contributed by atoms with van der Waals surface area (Å²) in [5.41, 5.74) is -2.97. The first-order valence-corrected chi connectivity index (χ1v) is 5.42. The van der Waals surface area contributed by atoms with Crippen molar-refractivity contribution < 1.29 is 20.1 Å². The fourth-order valence-electron chi connectivity index (χ4n) is 1.89. The number of nitrogens with zero attached hydrogens (tertiary/aromatic N) is 2. The maximum atomic E-state index is 11.8. The van der Waals surface area contributed by atoms with Gasteiger partial charge in [-0.15, -0.1) is 0 Å². The van der Waals surface area contributed by atoms with Crippen molar-refractivity contribution in [3.8, 4) is 0 Å². The second-order valence-electron chi connectivity index (χ2n) is 4.18. The number of nitrogens with one attached hydrogen (secondary N) is 1. The summed E-state index contributed by atoms with van der Waals surface area (Å²) in [7, 11) is 1.14. The number of aliphatic hydroxyl groups excluding tert-OH is 3. The third kappa shape index (κ3) is 2.04. The van der Waals surface area contributed by atoms with E-state index in [0.29, 0.717) is 9.13 Å². The summed E-state index contributed by atoms with van der Waals surface area (Å²) in [5.74, 6) is 0. The number of aromatic nitrogens is 3. The molecular weight excluding hydrogens is 262 g/mol. The van der Waals surface area contributed by atoms with Gasteiger partial charge in [0.15, 0.2) is 6.23 Å². The zero-order valence-corrected chi connectivity index (χ0v) is 9.89. The van der Waals surface area contributed by atoms with Gasteiger partial charge in [-0.1, -0.05) is 0 Å². The van der Waals surface area contributed by atoms with Crippen molar-refractivity contribution in [1.29, 1.82) is 0 Å². The summed E-state index contributed by atoms with van der Waals surface area (Å²) in [6.07, 6.45) is -5.62. The first-order chi connectivity index (χ1) is 8.88. The molecule has 0 aromatic carbocycles. The van der Waals surface area contributed by atoms with Crippen LogP contribution in [0.3, 0.4) is 0 Å². The second kappa shape index (κ2) is 4.74. The van der Waals surface area contributed by atoms with Gasteiger partial charge >= 0.3 is 17.1 Å². The van der Waals surface area contributed by atoms with Crippen LogP contribution in [0.4, 0.5) is 0 Å². The molecule has 0 bridgehead atoms. The van der Waals surface area contributed by atoms with E-state index in [1.165, 1.54) is 0 Å². The van der Waals surface area contributed by atoms with E-state index in [1.54, 1.807) is 0 Å². The number of aliphatic hydroxyl groups is 3. The normalized spacial score (nSPS) is 30.7. The van der Waals surface area contributed by atoms with E-state index in [0.717, 1.165) is 7.05 Å². The van der Waals surface area contributed by atoms with Crippen LogP contribution < -0.4 is 17.1 Å². The summed E-state index contributed by atoms with van der Waals surface area (Å²) < 4.78 is 6.15. The number of rotatable bonds is 2. The number of H-pyrrole nitrogens is 1. The topological polar surface area (TPSA) is 147 Å². The summed E-state index contributed by atoms with van der Waals surface area (Å²) in [5, 5.41) is 28.2. The number of aromatic amines is 1. The minimum atomic E-state index is -1.58. The van der Waals surface area contributed by atoms with Crippen LogP contribution in [-0.4, -0.2) is 54.4 Å². The van der Waals surface area contributed by atoms with E-state index >= 15 is 0 Å². The molecule has 1 aliphatic rings. The van der Waals surface area contributed by atoms with Crippen molar-refractivity contribution >= 4 is 0 Å². The lowest BCUT2D eigenvalue weighted by atomic mass is 10.1. The fraction of sp³-hybridized carbons (Fsp3) is 0.667. The maximum absolute atomic E-state index is 11.8. The Hall–Kier alpha value is -1.75. The lowest BCUT2D eigenvalue weighted by Gasteiger charge is -2.16. The largest absolute Gasteiger partial charge is 0.394 e. The molecule has 10 nitrogen and oxygen atoms in total. The van der Waals surface area contributed by atoms with Gasteiger partial charge in [-0.25, -0.2) is 23.5 Å². The standard InChI is InChI=1S/C9H13N3O7/c1-11-7(16)10-8(17)12(9(11)18)6-5(15)4(14)3(2-13)19-6/h3-6,13-15H,2H2,1H3,(H,10,16,17)/t3-,4-,5+,6-/m1/s1. The average molecular weight is 275 g/mol. The van der Waals surface area contributed by atoms with Gasteiger partial charge in [0.05, 0.1) is 6.61 Å². The van der Waals surface area contributed by atoms with Gasteiger partial charge in [-0.05, 0) is 0 Å². The van der Waals surface area contributed by atoms with Crippen molar-refractivity contribution in [2.24, 2.45) is 7.05 Å². The molecule has 2 heterocycles. The Labute approximate surface area is 105 Å². The predicted octanol–water partition coefficient (Wildman–Crippen LogP) is -4.15. The molecule has 0 radical (unpaired) electrons. The molecule has 106 valence electrons. The van der Waals surface area contributed by atoms with Crippen LogP contribution in [0, 0.1) is 0 Å². The van der Waals surface area contributed by atoms with Crippen molar-refractivity contribution in [2.45, 2.75) is 24.5 Å². The monoisotopic (exact) mass is 275 g/mol. The molecule has 4 N–H and O–H groups in total. The molecule has 2 rings (SSSR count). The molecule has 19 heavy (non-hydrogen) atoms. The molecule has 1 aromatic heterocycles. The van der Waals surface area contributed by atoms with Crippen molar-refractivity contribution in [1.82, 2.24) is 14.1 Å². The lowest BCUT2D eigenvalue weighted by molar-refractivity contribution is -0.0578. The highest BCUT2D eigenvalue weighted by atomic mass is 16.6. The van der Waals surface area contributed by atoms with E-state index in [9.17, 15) is 24.6 Å². The summed E-state index contributed by atoms with van der Waals surface area (Å²) in [6.45, 7) is -0.590. The molecule has 0 unspecified atom stereocenters. The smallest absolute Gasteiger partial charge is 0.338 e. The Balaban J connectivity index is 2.56. The van der Waals surface area contributed by atoms with E-state index in [2.05, 4.69) is 0 Å². The molecule has 0 amide bonds. The third-order valence-electron chi connectivity index (χ3n) is 3.00. The first-order valence-electron chi connectivity index (χ1n) is 5.42. The Morgan fingerprint density at radius 2 is 1.84 bits per heavy atom. The van der Waals surface area contributed by atoms with Crippen LogP contribution in [0.15, 0.2) is 14.4 Å². The number of ether oxygens (including phenoxy) is 1. The Morgan fingerprint density at radius 3 is 2.37 bits per heavy atom. The quantitative estimate of drug-likeness (QED) is 0.428. The summed E-state index contributed by atoms with van der Waals surface area (Å²) in [6, 6.07) is 0. The van der Waals surface area contributed by atoms with Gasteiger partial charge in [-0.2, -0.15) is 0 Å². The molecule has 1 fully saturated rings. The van der Waals surface area contributed by atoms with Crippen LogP contribution >= 0.6 is 0 Å². The fourth-order valence-corrected chi connectivity index (χ4v) is 1.89. The van der Waals surface area contributed by atoms with Gasteiger partial charge in [0.1, 0.15) is 18.3 Å². The SMILES string of the molecule is Cn1c(=O)[nH]c(=O)n([C@@H]2O[C@H](CO)[C@@H](O)[C@@H]2O)c1=O. The highest BCUT2D eigenvalue weighted by Gasteiger charge is 2.44. The van der Waals surface area contributed by atoms with Gasteiger partial charge in [0.25, 0.3) is 0 Å². The maximum Gasteiger partial charge on any atom is 0.338 e. The van der Waals surface area contributed by atoms with Gasteiger partial charge in [0.2, 0.25) is 0 Å². The van der Waals surface area contributed by atoms with Crippen molar-refractivity contribution in [2.75, 3.05) is 6.61 Å². The summed E-state index contributed by atoms with van der Waals surface area (Å²) >= 11 is 0. The molecule has 0 aliphatic carbocycles. The van der Waals surface area contributed by atoms with E-state index in [-0.39, 0.29) is 0 Å². The van der Waals surface area contributed by atoms with Crippen LogP contribution in [0.1, 0.15) is 6.23 Å². The average Bonchev–Trinajstić information content (AvgIpc) is 2.64. The van der Waals surface area contributed by atoms with E-state index in [4.69, 9.17) is 9.84 Å². The van der Waals surface area contributed by atoms with Gasteiger partial charge < -0.3 is 20.1 Å². The molecule has 1 aromatic rings. The Morgan fingerprint density at radius 1 is 1.21 bits per heavy atom. The van der Waals surface area contributed by atoms with Gasteiger partial charge in [0, 0.05) is 7.05 Å². The van der Waals surface area contributed by atoms with Crippen molar-refractivity contribution in [3.05, 3.63) is 31.5 Å². The highest BCUT2D eigenvalue weighted by Crippen LogP contribution is 2.26. The Kier molecular flexibility index (Phi) is 3.41. The minimum Gasteiger partial charge on any atom is -0.394 e. The highest BCUT2D eigenvalue weighted by molar-refractivity contribution is 4.90. The first kappa shape index (κ1) is 13.7. The molecule has 4 atom stereocenters. The molecular formula is C9H13N3O7. The van der Waals surface area contributed by atoms with E-state index < -0.39 is 48.2 Å². The van der Waals surface area contributed by atoms with Crippen LogP contribution in [0.5, 0.6) is 0 Å². The second-order valence-corrected chi connectivity index (χ2v) is 4.18. The molecule has 10 heteroatoms. The molecule has 1 aliphatic heterocycles. The zero-order chi connectivity index (χ0) is 14.3. The van der Waals surface area contributed by atoms with Crippen LogP contribution in [0.2, 0.25) is 0 Å². The minimum absolute atomic E-state index is 0.477. The molecule has 0 spiro atoms. The molecule has 1 saturated heterocycles. The Bertz CT molecular complexity index is 644. The number of hydrogen-bond acceptors (Lipinski definition) is 7. The van der Waals surface area contributed by atoms with Gasteiger partial charge in [-0.3, -0.25) is 4.98 Å². The number of hydrogen-bond donors (Lipinski definition) is 4. The van der Waals surface area contributed by atoms with Crippen LogP contribution in [0.25, 0.3) is 0 Å². The third-order valence-corrected chi connectivity index (χ3v) is 3.00. The van der Waals surface area contributed by atoms with Crippen LogP contribution in [-0.2, 0) is 11.8 Å². The zero-order valence-electron chi connectivity index (χ0n) is 9.89.